The first kappa shape index (κ1) is 27.4. The molecule has 0 aliphatic heterocycles. The molecule has 47 heavy (non-hydrogen) atoms. The van der Waals surface area contributed by atoms with Crippen molar-refractivity contribution < 1.29 is 0 Å². The summed E-state index contributed by atoms with van der Waals surface area (Å²) in [5, 5.41) is 5.06. The van der Waals surface area contributed by atoms with Crippen molar-refractivity contribution in [3.8, 4) is 44.5 Å². The number of nitrogens with zero attached hydrogens (tertiary/aromatic N) is 1. The Morgan fingerprint density at radius 3 is 1.26 bits per heavy atom. The number of anilines is 3. The lowest BCUT2D eigenvalue weighted by atomic mass is 9.77. The summed E-state index contributed by atoms with van der Waals surface area (Å²) in [6.45, 7) is 4.41. The molecule has 0 spiro atoms. The van der Waals surface area contributed by atoms with Crippen LogP contribution in [0.15, 0.2) is 164 Å². The molecule has 0 saturated heterocycles. The van der Waals surface area contributed by atoms with E-state index in [4.69, 9.17) is 0 Å². The fourth-order valence-electron chi connectivity index (χ4n) is 7.46. The molecular formula is C46H33N. The molecule has 1 aliphatic rings. The van der Waals surface area contributed by atoms with Gasteiger partial charge in [0.1, 0.15) is 0 Å². The lowest BCUT2D eigenvalue weighted by Gasteiger charge is -2.29. The normalized spacial score (nSPS) is 11.6. The van der Waals surface area contributed by atoms with Crippen molar-refractivity contribution in [1.82, 2.24) is 0 Å². The molecule has 0 saturated carbocycles. The number of hydrogen-bond acceptors (Lipinski definition) is 1. The molecule has 8 aromatic carbocycles. The summed E-state index contributed by atoms with van der Waals surface area (Å²) in [5.74, 6) is 0. The maximum atomic E-state index is 2.40. The largest absolute Gasteiger partial charge is 0.310 e. The van der Waals surface area contributed by atoms with E-state index in [9.17, 15) is 0 Å². The van der Waals surface area contributed by atoms with E-state index >= 15 is 0 Å². The number of aryl methyl sites for hydroxylation is 2. The van der Waals surface area contributed by atoms with E-state index in [0.29, 0.717) is 0 Å². The van der Waals surface area contributed by atoms with Crippen molar-refractivity contribution in [3.63, 3.8) is 0 Å². The van der Waals surface area contributed by atoms with Gasteiger partial charge < -0.3 is 4.90 Å². The van der Waals surface area contributed by atoms with Crippen LogP contribution in [0.5, 0.6) is 0 Å². The smallest absolute Gasteiger partial charge is 0.0519 e. The summed E-state index contributed by atoms with van der Waals surface area (Å²) in [6, 6.07) is 60.0. The summed E-state index contributed by atoms with van der Waals surface area (Å²) < 4.78 is 0. The van der Waals surface area contributed by atoms with Crippen LogP contribution in [0.3, 0.4) is 0 Å². The topological polar surface area (TPSA) is 3.24 Å². The van der Waals surface area contributed by atoms with Gasteiger partial charge in [-0.1, -0.05) is 103 Å². The number of fused-ring (bicyclic) bond motifs is 6. The fourth-order valence-corrected chi connectivity index (χ4v) is 7.46. The Bertz CT molecular complexity index is 2440. The van der Waals surface area contributed by atoms with Gasteiger partial charge in [0.2, 0.25) is 0 Å². The number of hydrogen-bond donors (Lipinski definition) is 0. The van der Waals surface area contributed by atoms with Gasteiger partial charge in [-0.2, -0.15) is 0 Å². The highest BCUT2D eigenvalue weighted by Gasteiger charge is 2.25. The third kappa shape index (κ3) is 4.55. The molecule has 0 radical (unpaired) electrons. The summed E-state index contributed by atoms with van der Waals surface area (Å²) in [4.78, 5) is 2.40. The summed E-state index contributed by atoms with van der Waals surface area (Å²) >= 11 is 0. The van der Waals surface area contributed by atoms with Gasteiger partial charge in [0.15, 0.2) is 0 Å². The van der Waals surface area contributed by atoms with Crippen molar-refractivity contribution in [2.45, 2.75) is 13.8 Å². The van der Waals surface area contributed by atoms with Crippen molar-refractivity contribution >= 4 is 38.6 Å². The molecule has 0 aromatic heterocycles. The van der Waals surface area contributed by atoms with E-state index in [-0.39, 0.29) is 0 Å². The average molecular weight is 600 g/mol. The van der Waals surface area contributed by atoms with E-state index in [2.05, 4.69) is 183 Å². The first-order valence-electron chi connectivity index (χ1n) is 16.3. The number of rotatable bonds is 5. The number of para-hydroxylation sites is 2. The molecule has 0 bridgehead atoms. The van der Waals surface area contributed by atoms with Gasteiger partial charge in [0, 0.05) is 11.4 Å². The summed E-state index contributed by atoms with van der Waals surface area (Å²) in [6.07, 6.45) is 0. The van der Waals surface area contributed by atoms with Gasteiger partial charge in [0.25, 0.3) is 0 Å². The van der Waals surface area contributed by atoms with Crippen LogP contribution in [0, 0.1) is 13.8 Å². The van der Waals surface area contributed by atoms with Crippen molar-refractivity contribution in [2.75, 3.05) is 4.90 Å². The summed E-state index contributed by atoms with van der Waals surface area (Å²) in [7, 11) is 0. The molecule has 0 unspecified atom stereocenters. The first-order chi connectivity index (χ1) is 23.1. The van der Waals surface area contributed by atoms with Gasteiger partial charge in [0.05, 0.1) is 5.69 Å². The lowest BCUT2D eigenvalue weighted by molar-refractivity contribution is 1.22. The van der Waals surface area contributed by atoms with Gasteiger partial charge >= 0.3 is 0 Å². The molecule has 0 amide bonds. The Morgan fingerprint density at radius 2 is 0.745 bits per heavy atom. The van der Waals surface area contributed by atoms with E-state index < -0.39 is 0 Å². The Balaban J connectivity index is 1.18. The molecule has 1 heteroatoms. The summed E-state index contributed by atoms with van der Waals surface area (Å²) in [5.41, 5.74) is 16.4. The van der Waals surface area contributed by atoms with Gasteiger partial charge in [-0.05, 0) is 152 Å². The predicted octanol–water partition coefficient (Wildman–Crippen LogP) is 13.1. The quantitative estimate of drug-likeness (QED) is 0.190. The molecule has 1 nitrogen and oxygen atoms in total. The molecular weight excluding hydrogens is 567 g/mol. The Labute approximate surface area is 276 Å². The van der Waals surface area contributed by atoms with Crippen LogP contribution >= 0.6 is 0 Å². The van der Waals surface area contributed by atoms with E-state index in [1.54, 1.807) is 0 Å². The van der Waals surface area contributed by atoms with Crippen LogP contribution in [0.1, 0.15) is 11.1 Å². The Kier molecular flexibility index (Phi) is 6.33. The second kappa shape index (κ2) is 10.9. The molecule has 0 heterocycles. The monoisotopic (exact) mass is 599 g/mol. The van der Waals surface area contributed by atoms with Crippen molar-refractivity contribution in [3.05, 3.63) is 175 Å². The van der Waals surface area contributed by atoms with Gasteiger partial charge in [-0.25, -0.2) is 0 Å². The fraction of sp³-hybridized carbons (Fsp3) is 0.0435. The van der Waals surface area contributed by atoms with Crippen molar-refractivity contribution in [1.29, 1.82) is 0 Å². The van der Waals surface area contributed by atoms with E-state index in [1.165, 1.54) is 88.6 Å². The third-order valence-electron chi connectivity index (χ3n) is 9.76. The molecule has 0 fully saturated rings. The van der Waals surface area contributed by atoms with Crippen LogP contribution in [0.2, 0.25) is 0 Å². The second-order valence-electron chi connectivity index (χ2n) is 12.7. The predicted molar refractivity (Wildman–Crippen MR) is 201 cm³/mol. The van der Waals surface area contributed by atoms with Crippen molar-refractivity contribution in [2.24, 2.45) is 0 Å². The van der Waals surface area contributed by atoms with E-state index in [0.717, 1.165) is 5.69 Å². The molecule has 1 aliphatic carbocycles. The lowest BCUT2D eigenvalue weighted by Crippen LogP contribution is -2.12. The minimum atomic E-state index is 1.16. The average Bonchev–Trinajstić information content (AvgIpc) is 3.12. The van der Waals surface area contributed by atoms with Crippen LogP contribution in [0.4, 0.5) is 17.1 Å². The SMILES string of the molecule is Cc1cccc(C)c1N(c1ccccc1)c1ccc2cc3c(cc2c1)-c1cc2cc(-c4ccccc4)c(-c4ccccc4)cc2cc1-3. The molecule has 0 atom stereocenters. The first-order valence-corrected chi connectivity index (χ1v) is 16.3. The van der Waals surface area contributed by atoms with Gasteiger partial charge in [-0.15, -0.1) is 0 Å². The molecule has 222 valence electrons. The maximum absolute atomic E-state index is 2.40. The Morgan fingerprint density at radius 1 is 0.319 bits per heavy atom. The molecule has 0 N–H and O–H groups in total. The minimum Gasteiger partial charge on any atom is -0.310 e. The maximum Gasteiger partial charge on any atom is 0.0519 e. The Hall–Kier alpha value is -5.92. The molecule has 9 rings (SSSR count). The highest BCUT2D eigenvalue weighted by molar-refractivity contribution is 6.13. The van der Waals surface area contributed by atoms with Crippen LogP contribution < -0.4 is 4.90 Å². The van der Waals surface area contributed by atoms with Crippen LogP contribution in [-0.2, 0) is 0 Å². The zero-order valence-electron chi connectivity index (χ0n) is 26.5. The zero-order valence-corrected chi connectivity index (χ0v) is 26.5. The highest BCUT2D eigenvalue weighted by atomic mass is 15.1. The minimum absolute atomic E-state index is 1.16. The van der Waals surface area contributed by atoms with Crippen LogP contribution in [-0.4, -0.2) is 0 Å². The number of benzene rings is 8. The molecule has 8 aromatic rings. The second-order valence-corrected chi connectivity index (χ2v) is 12.7. The van der Waals surface area contributed by atoms with E-state index in [1.807, 2.05) is 0 Å². The highest BCUT2D eigenvalue weighted by Crippen LogP contribution is 2.51. The zero-order chi connectivity index (χ0) is 31.5. The van der Waals surface area contributed by atoms with Gasteiger partial charge in [-0.3, -0.25) is 0 Å². The standard InChI is InChI=1S/C46H33N/c1-30-13-12-14-31(2)46(30)47(38-19-10-5-11-20-38)39-22-21-34-24-42-43(27-35(34)23-39)45-29-37-26-41(33-17-8-4-9-18-33)40(25-36(37)28-44(42)45)32-15-6-3-7-16-32/h3-29H,1-2H3. The third-order valence-corrected chi connectivity index (χ3v) is 9.76. The van der Waals surface area contributed by atoms with Crippen LogP contribution in [0.25, 0.3) is 66.1 Å².